The van der Waals surface area contributed by atoms with Crippen molar-refractivity contribution in [2.75, 3.05) is 18.5 Å². The number of H-pyrrole nitrogens is 1. The van der Waals surface area contributed by atoms with Crippen LogP contribution in [0.15, 0.2) is 48.8 Å². The number of para-hydroxylation sites is 1. The van der Waals surface area contributed by atoms with Crippen LogP contribution in [0.3, 0.4) is 0 Å². The zero-order chi connectivity index (χ0) is 22.6. The topological polar surface area (TPSA) is 93.5 Å². The van der Waals surface area contributed by atoms with Crippen molar-refractivity contribution in [1.82, 2.24) is 29.5 Å². The van der Waals surface area contributed by atoms with Gasteiger partial charge in [-0.1, -0.05) is 18.2 Å². The van der Waals surface area contributed by atoms with Crippen molar-refractivity contribution in [3.8, 4) is 17.4 Å². The first-order chi connectivity index (χ1) is 16.0. The molecule has 0 atom stereocenters. The van der Waals surface area contributed by atoms with E-state index in [4.69, 9.17) is 4.74 Å². The number of imidazole rings is 1. The van der Waals surface area contributed by atoms with Gasteiger partial charge in [-0.2, -0.15) is 9.37 Å². The van der Waals surface area contributed by atoms with E-state index in [1.54, 1.807) is 12.1 Å². The molecule has 0 saturated heterocycles. The highest BCUT2D eigenvalue weighted by atomic mass is 19.1. The van der Waals surface area contributed by atoms with Crippen LogP contribution >= 0.6 is 0 Å². The number of anilines is 1. The summed E-state index contributed by atoms with van der Waals surface area (Å²) >= 11 is 0. The van der Waals surface area contributed by atoms with Crippen molar-refractivity contribution in [3.05, 3.63) is 60.3 Å². The highest BCUT2D eigenvalue weighted by Crippen LogP contribution is 2.37. The van der Waals surface area contributed by atoms with Gasteiger partial charge in [0.15, 0.2) is 22.8 Å². The molecule has 0 bridgehead atoms. The Morgan fingerprint density at radius 3 is 2.91 bits per heavy atom. The van der Waals surface area contributed by atoms with E-state index in [1.165, 1.54) is 17.1 Å². The van der Waals surface area contributed by atoms with E-state index in [-0.39, 0.29) is 16.9 Å². The summed E-state index contributed by atoms with van der Waals surface area (Å²) in [6.45, 7) is 5.23. The fourth-order valence-electron chi connectivity index (χ4n) is 4.34. The molecule has 1 aromatic carbocycles. The highest BCUT2D eigenvalue weighted by Gasteiger charge is 2.36. The third-order valence-electron chi connectivity index (χ3n) is 6.00. The minimum atomic E-state index is -0.613. The number of pyridine rings is 1. The molecule has 1 aliphatic rings. The van der Waals surface area contributed by atoms with Crippen LogP contribution in [0.2, 0.25) is 0 Å². The zero-order valence-corrected chi connectivity index (χ0v) is 18.3. The Morgan fingerprint density at radius 1 is 1.15 bits per heavy atom. The maximum Gasteiger partial charge on any atom is 0.299 e. The van der Waals surface area contributed by atoms with Crippen LogP contribution in [-0.4, -0.2) is 42.6 Å². The monoisotopic (exact) mass is 443 g/mol. The zero-order valence-electron chi connectivity index (χ0n) is 18.3. The number of halogens is 1. The lowest BCUT2D eigenvalue weighted by atomic mass is 10.1. The van der Waals surface area contributed by atoms with Gasteiger partial charge in [-0.15, -0.1) is 0 Å². The molecule has 4 aromatic heterocycles. The number of nitrogens with one attached hydrogen (secondary N) is 2. The van der Waals surface area contributed by atoms with E-state index < -0.39 is 5.95 Å². The number of rotatable bonds is 5. The molecular weight excluding hydrogens is 421 g/mol. The number of hydrogen-bond donors (Lipinski definition) is 2. The second kappa shape index (κ2) is 7.26. The second-order valence-corrected chi connectivity index (χ2v) is 8.78. The molecule has 5 aromatic rings. The van der Waals surface area contributed by atoms with Crippen LogP contribution in [-0.2, 0) is 12.0 Å². The lowest BCUT2D eigenvalue weighted by molar-refractivity contribution is 0.268. The number of fused-ring (bicyclic) bond motifs is 4. The van der Waals surface area contributed by atoms with Crippen molar-refractivity contribution >= 4 is 27.9 Å². The van der Waals surface area contributed by atoms with Gasteiger partial charge >= 0.3 is 0 Å². The molecule has 0 unspecified atom stereocenters. The summed E-state index contributed by atoms with van der Waals surface area (Å²) in [6.07, 6.45) is 4.22. The Hall–Kier alpha value is -4.01. The Morgan fingerprint density at radius 2 is 2.03 bits per heavy atom. The summed E-state index contributed by atoms with van der Waals surface area (Å²) in [4.78, 5) is 21.0. The predicted molar refractivity (Wildman–Crippen MR) is 124 cm³/mol. The van der Waals surface area contributed by atoms with Crippen LogP contribution in [0.4, 0.5) is 10.2 Å². The number of aromatic nitrogens is 6. The summed E-state index contributed by atoms with van der Waals surface area (Å²) in [5, 5.41) is 4.59. The van der Waals surface area contributed by atoms with Gasteiger partial charge in [-0.05, 0) is 44.0 Å². The Bertz CT molecular complexity index is 1500. The normalized spacial score (nSPS) is 14.5. The lowest BCUT2D eigenvalue weighted by Gasteiger charge is -2.18. The molecule has 0 aliphatic carbocycles. The van der Waals surface area contributed by atoms with Gasteiger partial charge in [0.05, 0.1) is 11.1 Å². The second-order valence-electron chi connectivity index (χ2n) is 8.78. The van der Waals surface area contributed by atoms with E-state index in [1.807, 2.05) is 22.9 Å². The number of nitrogens with zero attached hydrogens (tertiary/aromatic N) is 5. The average Bonchev–Trinajstić information content (AvgIpc) is 3.48. The number of hydrogen-bond acceptors (Lipinski definition) is 6. The molecule has 9 heteroatoms. The average molecular weight is 443 g/mol. The summed E-state index contributed by atoms with van der Waals surface area (Å²) < 4.78 is 22.2. The van der Waals surface area contributed by atoms with Gasteiger partial charge in [-0.3, -0.25) is 4.57 Å². The highest BCUT2D eigenvalue weighted by molar-refractivity contribution is 5.87. The number of benzene rings is 1. The van der Waals surface area contributed by atoms with Crippen LogP contribution in [0.25, 0.3) is 33.5 Å². The standard InChI is InChI=1S/C24H22FN7O/c1-24(2)13-33-23-29-18-21(27-11-9-14-12-28-17-8-4-3-6-15(14)17)30-20(31-22(18)32(23)24)16-7-5-10-26-19(16)25/h3-8,10,12,28H,9,11,13H2,1-2H3,(H,27,30,31). The van der Waals surface area contributed by atoms with Crippen LogP contribution in [0.5, 0.6) is 6.01 Å². The fraction of sp³-hybridized carbons (Fsp3) is 0.250. The quantitative estimate of drug-likeness (QED) is 0.394. The molecule has 6 rings (SSSR count). The molecule has 33 heavy (non-hydrogen) atoms. The van der Waals surface area contributed by atoms with E-state index in [0.29, 0.717) is 36.1 Å². The van der Waals surface area contributed by atoms with Crippen molar-refractivity contribution in [2.24, 2.45) is 0 Å². The van der Waals surface area contributed by atoms with Gasteiger partial charge in [-0.25, -0.2) is 15.0 Å². The van der Waals surface area contributed by atoms with E-state index in [2.05, 4.69) is 56.2 Å². The first-order valence-corrected chi connectivity index (χ1v) is 10.8. The minimum Gasteiger partial charge on any atom is -0.462 e. The fourth-order valence-corrected chi connectivity index (χ4v) is 4.34. The lowest BCUT2D eigenvalue weighted by Crippen LogP contribution is -2.26. The largest absolute Gasteiger partial charge is 0.462 e. The molecule has 1 aliphatic heterocycles. The summed E-state index contributed by atoms with van der Waals surface area (Å²) in [7, 11) is 0. The molecule has 0 spiro atoms. The van der Waals surface area contributed by atoms with Crippen molar-refractivity contribution in [3.63, 3.8) is 0 Å². The molecule has 0 radical (unpaired) electrons. The molecular formula is C24H22FN7O. The molecule has 8 nitrogen and oxygen atoms in total. The Kier molecular flexibility index (Phi) is 4.33. The van der Waals surface area contributed by atoms with Crippen LogP contribution in [0, 0.1) is 5.95 Å². The Labute approximate surface area is 188 Å². The molecule has 0 amide bonds. The molecule has 0 fully saturated rings. The number of ether oxygens (including phenoxy) is 1. The first-order valence-electron chi connectivity index (χ1n) is 10.8. The maximum absolute atomic E-state index is 14.5. The van der Waals surface area contributed by atoms with Crippen molar-refractivity contribution in [1.29, 1.82) is 0 Å². The predicted octanol–water partition coefficient (Wildman–Crippen LogP) is 4.29. The van der Waals surface area contributed by atoms with Gasteiger partial charge < -0.3 is 15.0 Å². The minimum absolute atomic E-state index is 0.242. The third kappa shape index (κ3) is 3.19. The van der Waals surface area contributed by atoms with E-state index in [0.717, 1.165) is 11.9 Å². The van der Waals surface area contributed by atoms with Crippen molar-refractivity contribution < 1.29 is 9.13 Å². The van der Waals surface area contributed by atoms with Gasteiger partial charge in [0.25, 0.3) is 6.01 Å². The van der Waals surface area contributed by atoms with Crippen LogP contribution in [0.1, 0.15) is 19.4 Å². The van der Waals surface area contributed by atoms with E-state index in [9.17, 15) is 4.39 Å². The first kappa shape index (κ1) is 19.7. The molecule has 5 heterocycles. The maximum atomic E-state index is 14.5. The van der Waals surface area contributed by atoms with Gasteiger partial charge in [0.2, 0.25) is 5.95 Å². The van der Waals surface area contributed by atoms with Crippen LogP contribution < -0.4 is 10.1 Å². The SMILES string of the molecule is CC1(C)COc2nc3c(NCCc4c[nH]c5ccccc45)nc(-c4cccnc4F)nc3n21. The Balaban J connectivity index is 1.40. The number of aromatic amines is 1. The summed E-state index contributed by atoms with van der Waals surface area (Å²) in [6, 6.07) is 12.0. The molecule has 0 saturated carbocycles. The third-order valence-corrected chi connectivity index (χ3v) is 6.00. The van der Waals surface area contributed by atoms with Gasteiger partial charge in [0.1, 0.15) is 6.61 Å². The smallest absolute Gasteiger partial charge is 0.299 e. The molecule has 2 N–H and O–H groups in total. The summed E-state index contributed by atoms with van der Waals surface area (Å²) in [5.74, 6) is 0.186. The van der Waals surface area contributed by atoms with E-state index >= 15 is 0 Å². The van der Waals surface area contributed by atoms with Gasteiger partial charge in [0, 0.05) is 29.8 Å². The van der Waals surface area contributed by atoms with Crippen molar-refractivity contribution in [2.45, 2.75) is 25.8 Å². The summed E-state index contributed by atoms with van der Waals surface area (Å²) in [5.41, 5.74) is 3.44. The molecule has 166 valence electrons.